The number of ether oxygens (including phenoxy) is 2. The average molecular weight is 562 g/mol. The van der Waals surface area contributed by atoms with Crippen molar-refractivity contribution in [3.8, 4) is 11.5 Å². The quantitative estimate of drug-likeness (QED) is 0.316. The van der Waals surface area contributed by atoms with Crippen LogP contribution in [0.25, 0.3) is 11.6 Å². The lowest BCUT2D eigenvalue weighted by Gasteiger charge is -2.15. The van der Waals surface area contributed by atoms with Gasteiger partial charge in [0.05, 0.1) is 21.1 Å². The van der Waals surface area contributed by atoms with E-state index in [1.807, 2.05) is 31.2 Å². The van der Waals surface area contributed by atoms with Crippen molar-refractivity contribution in [1.29, 1.82) is 0 Å². The van der Waals surface area contributed by atoms with E-state index in [0.717, 1.165) is 16.8 Å². The molecule has 0 atom stereocenters. The zero-order valence-corrected chi connectivity index (χ0v) is 21.1. The second-order valence-electron chi connectivity index (χ2n) is 7.29. The molecule has 0 spiro atoms. The molecule has 6 nitrogen and oxygen atoms in total. The van der Waals surface area contributed by atoms with Gasteiger partial charge in [-0.2, -0.15) is 0 Å². The maximum absolute atomic E-state index is 12.5. The number of nitrogens with one attached hydrogen (secondary N) is 2. The smallest absolute Gasteiger partial charge is 0.262 e. The Morgan fingerprint density at radius 3 is 2.65 bits per heavy atom. The van der Waals surface area contributed by atoms with Crippen molar-refractivity contribution in [2.45, 2.75) is 6.92 Å². The maximum atomic E-state index is 12.5. The first-order valence-electron chi connectivity index (χ1n) is 10.3. The Balaban J connectivity index is 1.54. The number of fused-ring (bicyclic) bond motifs is 1. The van der Waals surface area contributed by atoms with E-state index in [1.165, 1.54) is 0 Å². The molecule has 9 heteroatoms. The number of amides is 2. The standard InChI is InChI=1S/C25H19BrCl2N2O4/c1-2-33-22-11-14(9-17-16-5-3-4-6-21(16)30-25(17)32)10-18(26)24(22)34-13-23(31)29-15-7-8-19(27)20(28)12-15/h3-12H,2,13H2,1H3,(H,29,31)(H,30,32)/b17-9-. The molecule has 4 rings (SSSR count). The third-order valence-corrected chi connectivity index (χ3v) is 6.23. The highest BCUT2D eigenvalue weighted by atomic mass is 79.9. The largest absolute Gasteiger partial charge is 0.490 e. The van der Waals surface area contributed by atoms with Crippen LogP contribution in [0.15, 0.2) is 59.1 Å². The predicted molar refractivity (Wildman–Crippen MR) is 139 cm³/mol. The Hall–Kier alpha value is -3.00. The number of anilines is 2. The Morgan fingerprint density at radius 2 is 1.88 bits per heavy atom. The van der Waals surface area contributed by atoms with E-state index in [4.69, 9.17) is 32.7 Å². The summed E-state index contributed by atoms with van der Waals surface area (Å²) in [5.74, 6) is 0.273. The van der Waals surface area contributed by atoms with Gasteiger partial charge in [0.25, 0.3) is 11.8 Å². The number of halogens is 3. The monoisotopic (exact) mass is 560 g/mol. The van der Waals surface area contributed by atoms with Gasteiger partial charge >= 0.3 is 0 Å². The van der Waals surface area contributed by atoms with E-state index < -0.39 is 0 Å². The van der Waals surface area contributed by atoms with E-state index >= 15 is 0 Å². The van der Waals surface area contributed by atoms with E-state index in [0.29, 0.717) is 43.9 Å². The first-order valence-corrected chi connectivity index (χ1v) is 11.9. The normalized spacial score (nSPS) is 13.4. The highest BCUT2D eigenvalue weighted by Gasteiger charge is 2.24. The number of hydrogen-bond acceptors (Lipinski definition) is 4. The second kappa shape index (κ2) is 10.5. The number of hydrogen-bond donors (Lipinski definition) is 2. The molecule has 1 aliphatic heterocycles. The van der Waals surface area contributed by atoms with Crippen LogP contribution < -0.4 is 20.1 Å². The van der Waals surface area contributed by atoms with Crippen LogP contribution in [-0.4, -0.2) is 25.0 Å². The number of carbonyl (C=O) groups excluding carboxylic acids is 2. The first kappa shape index (κ1) is 24.1. The average Bonchev–Trinajstić information content (AvgIpc) is 3.11. The lowest BCUT2D eigenvalue weighted by molar-refractivity contribution is -0.118. The van der Waals surface area contributed by atoms with Crippen molar-refractivity contribution in [1.82, 2.24) is 0 Å². The molecule has 0 saturated heterocycles. The van der Waals surface area contributed by atoms with Gasteiger partial charge in [0, 0.05) is 22.5 Å². The summed E-state index contributed by atoms with van der Waals surface area (Å²) in [7, 11) is 0. The second-order valence-corrected chi connectivity index (χ2v) is 8.96. The van der Waals surface area contributed by atoms with E-state index in [2.05, 4.69) is 26.6 Å². The first-order chi connectivity index (χ1) is 16.4. The van der Waals surface area contributed by atoms with Crippen molar-refractivity contribution in [2.75, 3.05) is 23.8 Å². The topological polar surface area (TPSA) is 76.7 Å². The summed E-state index contributed by atoms with van der Waals surface area (Å²) in [5.41, 5.74) is 3.41. The Labute approximate surface area is 215 Å². The third kappa shape index (κ3) is 5.38. The molecule has 2 amide bonds. The molecule has 3 aromatic carbocycles. The summed E-state index contributed by atoms with van der Waals surface area (Å²) in [5, 5.41) is 6.30. The summed E-state index contributed by atoms with van der Waals surface area (Å²) >= 11 is 15.4. The van der Waals surface area contributed by atoms with Gasteiger partial charge in [-0.25, -0.2) is 0 Å². The molecule has 0 fully saturated rings. The molecule has 0 bridgehead atoms. The van der Waals surface area contributed by atoms with Crippen LogP contribution in [0.5, 0.6) is 11.5 Å². The molecular weight excluding hydrogens is 543 g/mol. The molecular formula is C25H19BrCl2N2O4. The van der Waals surface area contributed by atoms with Crippen molar-refractivity contribution in [3.63, 3.8) is 0 Å². The van der Waals surface area contributed by atoms with Crippen LogP contribution >= 0.6 is 39.1 Å². The van der Waals surface area contributed by atoms with Crippen molar-refractivity contribution < 1.29 is 19.1 Å². The Morgan fingerprint density at radius 1 is 1.09 bits per heavy atom. The van der Waals surface area contributed by atoms with Crippen LogP contribution in [0.3, 0.4) is 0 Å². The van der Waals surface area contributed by atoms with Gasteiger partial charge in [-0.1, -0.05) is 41.4 Å². The van der Waals surface area contributed by atoms with Gasteiger partial charge in [0.15, 0.2) is 18.1 Å². The highest BCUT2D eigenvalue weighted by molar-refractivity contribution is 9.10. The SMILES string of the molecule is CCOc1cc(/C=C2\C(=O)Nc3ccccc32)cc(Br)c1OCC(=O)Nc1ccc(Cl)c(Cl)c1. The van der Waals surface area contributed by atoms with E-state index in [9.17, 15) is 9.59 Å². The number of para-hydroxylation sites is 1. The number of carbonyl (C=O) groups is 2. The fraction of sp³-hybridized carbons (Fsp3) is 0.120. The molecule has 1 aliphatic rings. The summed E-state index contributed by atoms with van der Waals surface area (Å²) in [6.45, 7) is 1.98. The summed E-state index contributed by atoms with van der Waals surface area (Å²) in [4.78, 5) is 24.8. The van der Waals surface area contributed by atoms with Crippen LogP contribution in [0, 0.1) is 0 Å². The van der Waals surface area contributed by atoms with Gasteiger partial charge in [0.1, 0.15) is 0 Å². The fourth-order valence-electron chi connectivity index (χ4n) is 3.43. The van der Waals surface area contributed by atoms with Crippen molar-refractivity contribution >= 4 is 74.0 Å². The molecule has 0 unspecified atom stereocenters. The van der Waals surface area contributed by atoms with Gasteiger partial charge in [-0.3, -0.25) is 9.59 Å². The van der Waals surface area contributed by atoms with E-state index in [1.54, 1.807) is 36.4 Å². The van der Waals surface area contributed by atoms with Gasteiger partial charge < -0.3 is 20.1 Å². The summed E-state index contributed by atoms with van der Waals surface area (Å²) in [6.07, 6.45) is 1.79. The van der Waals surface area contributed by atoms with E-state index in [-0.39, 0.29) is 18.4 Å². The van der Waals surface area contributed by atoms with Crippen LogP contribution in [0.2, 0.25) is 10.0 Å². The zero-order chi connectivity index (χ0) is 24.2. The van der Waals surface area contributed by atoms with Crippen LogP contribution in [0.4, 0.5) is 11.4 Å². The maximum Gasteiger partial charge on any atom is 0.262 e. The molecule has 2 N–H and O–H groups in total. The summed E-state index contributed by atoms with van der Waals surface area (Å²) < 4.78 is 12.1. The Kier molecular flexibility index (Phi) is 7.46. The molecule has 0 radical (unpaired) electrons. The molecule has 0 aliphatic carbocycles. The minimum absolute atomic E-state index is 0.172. The minimum atomic E-state index is -0.377. The predicted octanol–water partition coefficient (Wildman–Crippen LogP) is 6.66. The molecule has 3 aromatic rings. The lowest BCUT2D eigenvalue weighted by Crippen LogP contribution is -2.20. The molecule has 34 heavy (non-hydrogen) atoms. The molecule has 0 saturated carbocycles. The molecule has 0 aromatic heterocycles. The van der Waals surface area contributed by atoms with Gasteiger partial charge in [0.2, 0.25) is 0 Å². The van der Waals surface area contributed by atoms with Crippen molar-refractivity contribution in [3.05, 3.63) is 80.2 Å². The third-order valence-electron chi connectivity index (χ3n) is 4.90. The summed E-state index contributed by atoms with van der Waals surface area (Å²) in [6, 6.07) is 15.9. The van der Waals surface area contributed by atoms with Crippen LogP contribution in [-0.2, 0) is 9.59 Å². The van der Waals surface area contributed by atoms with Gasteiger partial charge in [-0.05, 0) is 70.9 Å². The molecule has 174 valence electrons. The Bertz CT molecular complexity index is 1310. The highest BCUT2D eigenvalue weighted by Crippen LogP contribution is 2.39. The fourth-order valence-corrected chi connectivity index (χ4v) is 4.30. The zero-order valence-electron chi connectivity index (χ0n) is 18.0. The molecule has 1 heterocycles. The number of rotatable bonds is 7. The van der Waals surface area contributed by atoms with Gasteiger partial charge in [-0.15, -0.1) is 0 Å². The lowest BCUT2D eigenvalue weighted by atomic mass is 10.0. The van der Waals surface area contributed by atoms with Crippen molar-refractivity contribution in [2.24, 2.45) is 0 Å². The number of benzene rings is 3. The minimum Gasteiger partial charge on any atom is -0.490 e. The van der Waals surface area contributed by atoms with Crippen LogP contribution in [0.1, 0.15) is 18.1 Å².